The van der Waals surface area contributed by atoms with Crippen LogP contribution in [0, 0.1) is 0 Å². The Morgan fingerprint density at radius 1 is 0.935 bits per heavy atom. The highest BCUT2D eigenvalue weighted by atomic mass is 32.2. The number of sulfone groups is 1. The lowest BCUT2D eigenvalue weighted by Gasteiger charge is -2.26. The number of carbonyl (C=O) groups is 1. The number of halogens is 3. The molecular formula is C18H17F3N2O6S2. The van der Waals surface area contributed by atoms with Crippen molar-refractivity contribution in [2.75, 3.05) is 31.6 Å². The topological polar surface area (TPSA) is 110 Å². The third kappa shape index (κ3) is 4.89. The Bertz CT molecular complexity index is 1170. The molecule has 1 amide bonds. The van der Waals surface area contributed by atoms with Gasteiger partial charge < -0.3 is 10.1 Å². The number of amides is 1. The maximum absolute atomic E-state index is 12.7. The Hall–Kier alpha value is -2.48. The number of benzene rings is 2. The lowest BCUT2D eigenvalue weighted by Crippen LogP contribution is -2.40. The number of sulfonamides is 1. The van der Waals surface area contributed by atoms with Crippen molar-refractivity contribution >= 4 is 31.5 Å². The van der Waals surface area contributed by atoms with E-state index < -0.39 is 36.2 Å². The predicted octanol–water partition coefficient (Wildman–Crippen LogP) is 2.25. The second-order valence-corrected chi connectivity index (χ2v) is 10.4. The number of alkyl halides is 3. The zero-order valence-corrected chi connectivity index (χ0v) is 17.4. The van der Waals surface area contributed by atoms with Crippen LogP contribution in [0.4, 0.5) is 18.9 Å². The maximum Gasteiger partial charge on any atom is 0.501 e. The second-order valence-electron chi connectivity index (χ2n) is 6.47. The van der Waals surface area contributed by atoms with Gasteiger partial charge in [-0.15, -0.1) is 0 Å². The van der Waals surface area contributed by atoms with Crippen molar-refractivity contribution in [1.82, 2.24) is 4.31 Å². The summed E-state index contributed by atoms with van der Waals surface area (Å²) in [5, 5.41) is 2.39. The molecule has 0 atom stereocenters. The molecule has 0 spiro atoms. The smallest absolute Gasteiger partial charge is 0.379 e. The molecule has 1 fully saturated rings. The SMILES string of the molecule is O=C(Nc1ccc(S(=O)(=O)C(F)(F)F)cc1)c1cccc(S(=O)(=O)N2CCOCC2)c1. The number of ether oxygens (including phenoxy) is 1. The Kier molecular flexibility index (Phi) is 6.41. The van der Waals surface area contributed by atoms with Crippen LogP contribution < -0.4 is 5.32 Å². The molecule has 3 rings (SSSR count). The fourth-order valence-corrected chi connectivity index (χ4v) is 5.00. The number of hydrogen-bond acceptors (Lipinski definition) is 6. The van der Waals surface area contributed by atoms with Crippen molar-refractivity contribution in [1.29, 1.82) is 0 Å². The first kappa shape index (κ1) is 23.2. The lowest BCUT2D eigenvalue weighted by atomic mass is 10.2. The Balaban J connectivity index is 1.78. The van der Waals surface area contributed by atoms with Crippen molar-refractivity contribution in [3.63, 3.8) is 0 Å². The molecule has 1 saturated heterocycles. The van der Waals surface area contributed by atoms with Crippen molar-refractivity contribution in [3.05, 3.63) is 54.1 Å². The van der Waals surface area contributed by atoms with E-state index in [1.165, 1.54) is 28.6 Å². The van der Waals surface area contributed by atoms with Gasteiger partial charge in [0.2, 0.25) is 10.0 Å². The highest BCUT2D eigenvalue weighted by Crippen LogP contribution is 2.30. The summed E-state index contributed by atoms with van der Waals surface area (Å²) >= 11 is 0. The molecule has 8 nitrogen and oxygen atoms in total. The van der Waals surface area contributed by atoms with Crippen LogP contribution in [-0.2, 0) is 24.6 Å². The van der Waals surface area contributed by atoms with Gasteiger partial charge in [-0.3, -0.25) is 4.79 Å². The van der Waals surface area contributed by atoms with Crippen LogP contribution in [0.25, 0.3) is 0 Å². The summed E-state index contributed by atoms with van der Waals surface area (Å²) in [7, 11) is -9.33. The van der Waals surface area contributed by atoms with Gasteiger partial charge >= 0.3 is 5.51 Å². The standard InChI is InChI=1S/C18H17F3N2O6S2/c19-18(20,21)30(25,26)15-6-4-14(5-7-15)22-17(24)13-2-1-3-16(12-13)31(27,28)23-8-10-29-11-9-23/h1-7,12H,8-11H2,(H,22,24). The molecule has 0 saturated carbocycles. The van der Waals surface area contributed by atoms with Gasteiger partial charge in [-0.2, -0.15) is 17.5 Å². The van der Waals surface area contributed by atoms with Crippen LogP contribution in [0.15, 0.2) is 58.3 Å². The van der Waals surface area contributed by atoms with E-state index >= 15 is 0 Å². The Labute approximate surface area is 176 Å². The number of rotatable bonds is 5. The third-order valence-corrected chi connectivity index (χ3v) is 7.83. The van der Waals surface area contributed by atoms with Crippen molar-refractivity contribution in [3.8, 4) is 0 Å². The molecule has 0 aromatic heterocycles. The monoisotopic (exact) mass is 478 g/mol. The first-order valence-electron chi connectivity index (χ1n) is 8.84. The van der Waals surface area contributed by atoms with Gasteiger partial charge in [-0.05, 0) is 42.5 Å². The second kappa shape index (κ2) is 8.57. The summed E-state index contributed by atoms with van der Waals surface area (Å²) in [6.45, 7) is 0.900. The van der Waals surface area contributed by atoms with Gasteiger partial charge in [0, 0.05) is 24.3 Å². The van der Waals surface area contributed by atoms with Crippen LogP contribution in [0.5, 0.6) is 0 Å². The first-order chi connectivity index (χ1) is 14.4. The highest BCUT2D eigenvalue weighted by molar-refractivity contribution is 7.92. The molecule has 2 aromatic rings. The largest absolute Gasteiger partial charge is 0.501 e. The number of nitrogens with zero attached hydrogens (tertiary/aromatic N) is 1. The van der Waals surface area contributed by atoms with E-state index in [0.29, 0.717) is 0 Å². The van der Waals surface area contributed by atoms with Crippen LogP contribution in [0.3, 0.4) is 0 Å². The van der Waals surface area contributed by atoms with E-state index in [4.69, 9.17) is 4.74 Å². The van der Waals surface area contributed by atoms with Gasteiger partial charge in [0.25, 0.3) is 15.7 Å². The fraction of sp³-hybridized carbons (Fsp3) is 0.278. The van der Waals surface area contributed by atoms with Gasteiger partial charge in [0.1, 0.15) is 0 Å². The van der Waals surface area contributed by atoms with Gasteiger partial charge in [0.05, 0.1) is 23.0 Å². The number of hydrogen-bond donors (Lipinski definition) is 1. The molecule has 0 radical (unpaired) electrons. The number of morpholine rings is 1. The molecule has 0 aliphatic carbocycles. The van der Waals surface area contributed by atoms with Crippen LogP contribution in [0.1, 0.15) is 10.4 Å². The zero-order chi connectivity index (χ0) is 22.9. The first-order valence-corrected chi connectivity index (χ1v) is 11.8. The van der Waals surface area contributed by atoms with Crippen molar-refractivity contribution in [2.24, 2.45) is 0 Å². The van der Waals surface area contributed by atoms with E-state index in [9.17, 15) is 34.8 Å². The quantitative estimate of drug-likeness (QED) is 0.706. The van der Waals surface area contributed by atoms with Gasteiger partial charge in [0.15, 0.2) is 0 Å². The lowest BCUT2D eigenvalue weighted by molar-refractivity contribution is -0.0436. The molecule has 1 aliphatic heterocycles. The molecule has 13 heteroatoms. The average molecular weight is 478 g/mol. The maximum atomic E-state index is 12.7. The predicted molar refractivity (Wildman–Crippen MR) is 104 cm³/mol. The Morgan fingerprint density at radius 3 is 2.13 bits per heavy atom. The zero-order valence-electron chi connectivity index (χ0n) is 15.8. The van der Waals surface area contributed by atoms with E-state index in [2.05, 4.69) is 5.32 Å². The van der Waals surface area contributed by atoms with E-state index in [1.54, 1.807) is 0 Å². The minimum Gasteiger partial charge on any atom is -0.379 e. The van der Waals surface area contributed by atoms with Gasteiger partial charge in [-0.1, -0.05) is 6.07 Å². The summed E-state index contributed by atoms with van der Waals surface area (Å²) in [6.07, 6.45) is 0. The van der Waals surface area contributed by atoms with E-state index in [1.807, 2.05) is 0 Å². The van der Waals surface area contributed by atoms with E-state index in [0.717, 1.165) is 24.3 Å². The van der Waals surface area contributed by atoms with Crippen molar-refractivity contribution in [2.45, 2.75) is 15.3 Å². The summed E-state index contributed by atoms with van der Waals surface area (Å²) < 4.78 is 92.4. The summed E-state index contributed by atoms with van der Waals surface area (Å²) in [4.78, 5) is 11.4. The third-order valence-electron chi connectivity index (χ3n) is 4.43. The number of carbonyl (C=O) groups excluding carboxylic acids is 1. The number of anilines is 1. The van der Waals surface area contributed by atoms with Crippen LogP contribution in [0.2, 0.25) is 0 Å². The summed E-state index contributed by atoms with van der Waals surface area (Å²) in [5.41, 5.74) is -5.40. The number of nitrogens with one attached hydrogen (secondary N) is 1. The minimum atomic E-state index is -5.50. The van der Waals surface area contributed by atoms with E-state index in [-0.39, 0.29) is 42.4 Å². The molecule has 31 heavy (non-hydrogen) atoms. The fourth-order valence-electron chi connectivity index (χ4n) is 2.79. The molecule has 1 aliphatic rings. The molecule has 0 unspecified atom stereocenters. The van der Waals surface area contributed by atoms with Crippen molar-refractivity contribution < 1.29 is 39.5 Å². The van der Waals surface area contributed by atoms with Gasteiger partial charge in [-0.25, -0.2) is 16.8 Å². The van der Waals surface area contributed by atoms with Crippen LogP contribution >= 0.6 is 0 Å². The molecule has 0 bridgehead atoms. The molecule has 168 valence electrons. The summed E-state index contributed by atoms with van der Waals surface area (Å²) in [5.74, 6) is -0.717. The molecule has 2 aromatic carbocycles. The molecular weight excluding hydrogens is 461 g/mol. The minimum absolute atomic E-state index is 0.00123. The molecule has 1 N–H and O–H groups in total. The highest BCUT2D eigenvalue weighted by Gasteiger charge is 2.46. The Morgan fingerprint density at radius 2 is 1.55 bits per heavy atom. The molecule has 1 heterocycles. The normalized spacial score (nSPS) is 16.1. The summed E-state index contributed by atoms with van der Waals surface area (Å²) in [6, 6.07) is 8.74. The average Bonchev–Trinajstić information content (AvgIpc) is 2.74. The van der Waals surface area contributed by atoms with Crippen LogP contribution in [-0.4, -0.2) is 58.9 Å².